The molecule has 0 amide bonds. The number of rotatable bonds is 0. The van der Waals surface area contributed by atoms with E-state index in [4.69, 9.17) is 10.1 Å². The van der Waals surface area contributed by atoms with Gasteiger partial charge in [-0.2, -0.15) is 0 Å². The first-order chi connectivity index (χ1) is 1.73. The molecule has 0 aliphatic carbocycles. The zero-order chi connectivity index (χ0) is 3.58. The Morgan fingerprint density at radius 2 is 2.00 bits per heavy atom. The van der Waals surface area contributed by atoms with E-state index in [1.165, 1.54) is 0 Å². The summed E-state index contributed by atoms with van der Waals surface area (Å²) in [5.74, 6) is 0. The Hall–Kier alpha value is -0.310. The van der Waals surface area contributed by atoms with Gasteiger partial charge in [-0.25, -0.2) is 10.1 Å². The third-order valence-electron chi connectivity index (χ3n) is 0. The zero-order valence-electron chi connectivity index (χ0n) is 1.64. The lowest BCUT2D eigenvalue weighted by molar-refractivity contribution is -0.310. The van der Waals surface area contributed by atoms with Crippen LogP contribution >= 0.6 is 11.8 Å². The third-order valence-corrected chi connectivity index (χ3v) is 0. The van der Waals surface area contributed by atoms with Gasteiger partial charge in [0.2, 0.25) is 0 Å². The summed E-state index contributed by atoms with van der Waals surface area (Å²) < 4.78 is -1.03. The highest BCUT2D eigenvalue weighted by Crippen LogP contribution is 1.64. The quantitative estimate of drug-likeness (QED) is 0.241. The molecule has 0 aromatic carbocycles. The highest BCUT2D eigenvalue weighted by atomic mass is 35.5. The second-order valence-electron chi connectivity index (χ2n) is 0.213. The number of hydrogen-bond acceptors (Lipinski definition) is 2. The van der Waals surface area contributed by atoms with Crippen LogP contribution in [0.2, 0.25) is 0 Å². The van der Waals surface area contributed by atoms with Crippen molar-refractivity contribution in [1.29, 1.82) is 0 Å². The highest BCUT2D eigenvalue weighted by Gasteiger charge is 1.68. The molecule has 0 aliphatic heterocycles. The van der Waals surface area contributed by atoms with Gasteiger partial charge in [-0.1, -0.05) is 0 Å². The van der Waals surface area contributed by atoms with Gasteiger partial charge in [0.15, 0.2) is 4.44 Å². The first-order valence-corrected chi connectivity index (χ1v) is 0.872. The van der Waals surface area contributed by atoms with E-state index in [1.54, 1.807) is 0 Å². The minimum Gasteiger partial charge on any atom is -0.243 e. The molecule has 0 atom stereocenters. The van der Waals surface area contributed by atoms with E-state index >= 15 is 0 Å². The molecule has 0 saturated carbocycles. The minimum atomic E-state index is -1.03. The monoisotopic (exact) mass is 81.0 g/mol. The molecule has 0 radical (unpaired) electrons. The van der Waals surface area contributed by atoms with E-state index in [2.05, 4.69) is 11.8 Å². The van der Waals surface area contributed by atoms with E-state index < -0.39 is 4.44 Å². The van der Waals surface area contributed by atoms with Gasteiger partial charge in [0, 0.05) is 0 Å². The average molecular weight is 81.5 g/mol. The Morgan fingerprint density at radius 1 is 2.00 bits per heavy atom. The Morgan fingerprint density at radius 3 is 2.00 bits per heavy atom. The van der Waals surface area contributed by atoms with Crippen LogP contribution in [0.15, 0.2) is 0 Å². The summed E-state index contributed by atoms with van der Waals surface area (Å²) in [5.41, 5.74) is 0. The van der Waals surface area contributed by atoms with Gasteiger partial charge in [-0.05, 0) is 0 Å². The van der Waals surface area contributed by atoms with Crippen molar-refractivity contribution < 1.29 is 4.44 Å². The van der Waals surface area contributed by atoms with E-state index in [1.807, 2.05) is 0 Å². The molecule has 0 N–H and O–H groups in total. The molecule has 0 spiro atoms. The Labute approximate surface area is 27.4 Å². The zero-order valence-corrected chi connectivity index (χ0v) is 2.40. The van der Waals surface area contributed by atoms with Crippen molar-refractivity contribution in [2.45, 2.75) is 0 Å². The fourth-order valence-corrected chi connectivity index (χ4v) is 0. The molecule has 24 valence electrons. The standard InChI is InChI=1S/ClNO2/c1-2(3)4. The molecule has 3 nitrogen and oxygen atoms in total. The van der Waals surface area contributed by atoms with Crippen molar-refractivity contribution in [2.24, 2.45) is 0 Å². The maximum Gasteiger partial charge on any atom is 0.333 e. The van der Waals surface area contributed by atoms with E-state index in [0.717, 1.165) is 0 Å². The molecule has 0 aromatic rings. The molecule has 0 saturated heterocycles. The predicted octanol–water partition coefficient (Wildman–Crippen LogP) is 0.417. The van der Waals surface area contributed by atoms with Crippen LogP contribution in [0.4, 0.5) is 0 Å². The summed E-state index contributed by atoms with van der Waals surface area (Å²) in [6.07, 6.45) is 0. The maximum absolute atomic E-state index is 8.57. The predicted molar refractivity (Wildman–Crippen MR) is 12.8 cm³/mol. The molecule has 0 aliphatic rings. The van der Waals surface area contributed by atoms with E-state index in [9.17, 15) is 0 Å². The normalized spacial score (nSPS) is 6.25. The largest absolute Gasteiger partial charge is 0.333 e. The van der Waals surface area contributed by atoms with Gasteiger partial charge in [-0.15, -0.1) is 0 Å². The maximum atomic E-state index is 8.57. The van der Waals surface area contributed by atoms with Crippen LogP contribution in [0.25, 0.3) is 0 Å². The third kappa shape index (κ3) is 8.37. The Bertz CT molecular complexity index is 29.0. The van der Waals surface area contributed by atoms with Gasteiger partial charge < -0.3 is 0 Å². The van der Waals surface area contributed by atoms with Crippen molar-refractivity contribution >= 4 is 11.8 Å². The van der Waals surface area contributed by atoms with Crippen molar-refractivity contribution in [1.82, 2.24) is 0 Å². The number of nitro groups is 1. The van der Waals surface area contributed by atoms with Crippen LogP contribution in [0.5, 0.6) is 0 Å². The summed E-state index contributed by atoms with van der Waals surface area (Å²) in [4.78, 5) is 8.57. The Kier molecular flexibility index (Phi) is 0.979. The van der Waals surface area contributed by atoms with Gasteiger partial charge in [-0.3, -0.25) is 0 Å². The van der Waals surface area contributed by atoms with Crippen LogP contribution in [-0.2, 0) is 0 Å². The van der Waals surface area contributed by atoms with Crippen LogP contribution in [0, 0.1) is 10.1 Å². The lowest BCUT2D eigenvalue weighted by Crippen LogP contribution is -1.65. The second kappa shape index (κ2) is 1.06. The molecular formula is ClNO2. The van der Waals surface area contributed by atoms with E-state index in [0.29, 0.717) is 0 Å². The molecule has 4 heteroatoms. The molecule has 0 heterocycles. The lowest BCUT2D eigenvalue weighted by atomic mass is 13.4. The summed E-state index contributed by atoms with van der Waals surface area (Å²) in [6, 6.07) is 0. The van der Waals surface area contributed by atoms with Crippen LogP contribution in [0.3, 0.4) is 0 Å². The molecule has 0 aromatic heterocycles. The summed E-state index contributed by atoms with van der Waals surface area (Å²) in [5, 5.41) is 8.57. The van der Waals surface area contributed by atoms with Gasteiger partial charge in [0.25, 0.3) is 0 Å². The van der Waals surface area contributed by atoms with E-state index in [-0.39, 0.29) is 0 Å². The van der Waals surface area contributed by atoms with Crippen LogP contribution in [-0.4, -0.2) is 4.44 Å². The minimum absolute atomic E-state index is 1.03. The number of halogens is 1. The molecule has 4 heavy (non-hydrogen) atoms. The number of hydrogen-bond donors (Lipinski definition) is 0. The molecule has 0 unspecified atom stereocenters. The number of nitrogens with zero attached hydrogens (tertiary/aromatic N) is 1. The smallest absolute Gasteiger partial charge is 0.243 e. The summed E-state index contributed by atoms with van der Waals surface area (Å²) >= 11 is 4.00. The van der Waals surface area contributed by atoms with Crippen LogP contribution < -0.4 is 0 Å². The molecule has 0 fully saturated rings. The average Bonchev–Trinajstić information content (AvgIpc) is 0.811. The summed E-state index contributed by atoms with van der Waals surface area (Å²) in [6.45, 7) is 0. The topological polar surface area (TPSA) is 43.1 Å². The van der Waals surface area contributed by atoms with Gasteiger partial charge in [0.1, 0.15) is 0 Å². The van der Waals surface area contributed by atoms with Crippen molar-refractivity contribution in [3.05, 3.63) is 10.1 Å². The van der Waals surface area contributed by atoms with Gasteiger partial charge >= 0.3 is 11.8 Å². The fraction of sp³-hybridized carbons (Fsp3) is 0. The van der Waals surface area contributed by atoms with Crippen molar-refractivity contribution in [3.63, 3.8) is 0 Å². The first-order valence-electron chi connectivity index (χ1n) is 0.534. The van der Waals surface area contributed by atoms with Crippen molar-refractivity contribution in [3.8, 4) is 0 Å². The molecule has 0 bridgehead atoms. The lowest BCUT2D eigenvalue weighted by Gasteiger charge is -1.54. The highest BCUT2D eigenvalue weighted by molar-refractivity contribution is 6.04. The van der Waals surface area contributed by atoms with Crippen LogP contribution in [0.1, 0.15) is 0 Å². The first kappa shape index (κ1) is 3.69. The second-order valence-corrected chi connectivity index (χ2v) is 0.489. The molecular weight excluding hydrogens is 81.5 g/mol. The van der Waals surface area contributed by atoms with Crippen molar-refractivity contribution in [2.75, 3.05) is 0 Å². The van der Waals surface area contributed by atoms with Gasteiger partial charge in [0.05, 0.1) is 0 Å². The molecule has 0 rings (SSSR count). The summed E-state index contributed by atoms with van der Waals surface area (Å²) in [7, 11) is 0. The Balaban J connectivity index is 2.80. The SMILES string of the molecule is O=[N+]([O-])Cl. The fourth-order valence-electron chi connectivity index (χ4n) is 0.